The van der Waals surface area contributed by atoms with Gasteiger partial charge in [0.1, 0.15) is 39.5 Å². The van der Waals surface area contributed by atoms with E-state index >= 15 is 0 Å². The van der Waals surface area contributed by atoms with E-state index in [2.05, 4.69) is 62.1 Å². The van der Waals surface area contributed by atoms with Crippen molar-refractivity contribution in [1.29, 1.82) is 0 Å². The molecule has 4 N–H and O–H groups in total. The van der Waals surface area contributed by atoms with Crippen molar-refractivity contribution in [2.45, 2.75) is 32.9 Å². The fraction of sp³-hybridized carbons (Fsp3) is 0.345. The van der Waals surface area contributed by atoms with Gasteiger partial charge in [-0.3, -0.25) is 4.90 Å². The highest BCUT2D eigenvalue weighted by atomic mass is 35.5. The molecule has 0 radical (unpaired) electrons. The van der Waals surface area contributed by atoms with Gasteiger partial charge in [-0.15, -0.1) is 0 Å². The van der Waals surface area contributed by atoms with Crippen LogP contribution in [0.1, 0.15) is 20.8 Å². The summed E-state index contributed by atoms with van der Waals surface area (Å²) < 4.78 is 10.6. The van der Waals surface area contributed by atoms with E-state index in [4.69, 9.17) is 32.7 Å². The number of nitrogens with one attached hydrogen (secondary N) is 4. The van der Waals surface area contributed by atoms with Gasteiger partial charge in [-0.2, -0.15) is 0 Å². The minimum Gasteiger partial charge on any atom is -0.495 e. The van der Waals surface area contributed by atoms with Crippen LogP contribution in [0.15, 0.2) is 48.9 Å². The largest absolute Gasteiger partial charge is 0.495 e. The van der Waals surface area contributed by atoms with Gasteiger partial charge in [0.05, 0.1) is 31.3 Å². The van der Waals surface area contributed by atoms with E-state index < -0.39 is 6.03 Å². The number of piperazine rings is 1. The number of hydrogen-bond donors (Lipinski definition) is 4. The Morgan fingerprint density at radius 1 is 1.05 bits per heavy atom. The first-order chi connectivity index (χ1) is 20.1. The highest BCUT2D eigenvalue weighted by Crippen LogP contribution is 2.44. The fourth-order valence-electron chi connectivity index (χ4n) is 4.70. The summed E-state index contributed by atoms with van der Waals surface area (Å²) in [6, 6.07) is 9.69. The standard InChI is InChI=1S/C29H36Cl2N8O3/c1-7-10-32-21-11-19(39-14-17(2)35-18(3)15-39)8-9-20(21)36-24-13-25(34-16-33-24)38(4)29(40)37-28-26(30)22(41-5)12-23(42-6)27(28)31/h7-13,16-18,32,35H,14-15H2,1-6H3,(H,37,40)(H,33,34,36). The second-order valence-electron chi connectivity index (χ2n) is 9.91. The van der Waals surface area contributed by atoms with Crippen molar-refractivity contribution in [3.05, 3.63) is 59.0 Å². The molecule has 0 spiro atoms. The molecule has 3 aromatic rings. The molecule has 2 heterocycles. The van der Waals surface area contributed by atoms with Crippen LogP contribution in [0.25, 0.3) is 0 Å². The first-order valence-corrected chi connectivity index (χ1v) is 14.2. The quantitative estimate of drug-likeness (QED) is 0.219. The van der Waals surface area contributed by atoms with Crippen molar-refractivity contribution in [2.24, 2.45) is 0 Å². The summed E-state index contributed by atoms with van der Waals surface area (Å²) >= 11 is 12.9. The van der Waals surface area contributed by atoms with Gasteiger partial charge < -0.3 is 35.6 Å². The molecule has 2 aromatic carbocycles. The maximum atomic E-state index is 13.2. The first kappa shape index (κ1) is 31.0. The first-order valence-electron chi connectivity index (χ1n) is 13.4. The van der Waals surface area contributed by atoms with Crippen LogP contribution in [0.3, 0.4) is 0 Å². The van der Waals surface area contributed by atoms with Crippen molar-refractivity contribution >= 4 is 63.6 Å². The molecule has 1 aromatic heterocycles. The van der Waals surface area contributed by atoms with Crippen molar-refractivity contribution in [2.75, 3.05) is 60.1 Å². The molecule has 0 saturated carbocycles. The smallest absolute Gasteiger partial charge is 0.327 e. The number of anilines is 6. The van der Waals surface area contributed by atoms with E-state index in [0.29, 0.717) is 35.2 Å². The SMILES string of the molecule is CC=CNc1cc(N2CC(C)NC(C)C2)ccc1Nc1cc(N(C)C(=O)Nc2c(Cl)c(OC)cc(OC)c2Cl)ncn1. The number of aromatic nitrogens is 2. The zero-order chi connectivity index (χ0) is 30.4. The number of benzene rings is 2. The zero-order valence-corrected chi connectivity index (χ0v) is 26.0. The molecular weight excluding hydrogens is 579 g/mol. The summed E-state index contributed by atoms with van der Waals surface area (Å²) in [5.41, 5.74) is 2.98. The highest BCUT2D eigenvalue weighted by Gasteiger charge is 2.23. The maximum absolute atomic E-state index is 13.2. The molecule has 1 aliphatic heterocycles. The van der Waals surface area contributed by atoms with Gasteiger partial charge in [0, 0.05) is 50.0 Å². The number of hydrogen-bond acceptors (Lipinski definition) is 9. The lowest BCUT2D eigenvalue weighted by Crippen LogP contribution is -2.54. The van der Waals surface area contributed by atoms with Crippen molar-refractivity contribution in [3.63, 3.8) is 0 Å². The van der Waals surface area contributed by atoms with Gasteiger partial charge in [-0.1, -0.05) is 29.3 Å². The average molecular weight is 616 g/mol. The Balaban J connectivity index is 1.55. The van der Waals surface area contributed by atoms with E-state index in [-0.39, 0.29) is 15.7 Å². The van der Waals surface area contributed by atoms with Crippen LogP contribution < -0.4 is 40.5 Å². The molecule has 1 aliphatic rings. The number of nitrogens with zero attached hydrogens (tertiary/aromatic N) is 4. The second-order valence-corrected chi connectivity index (χ2v) is 10.7. The second kappa shape index (κ2) is 13.8. The van der Waals surface area contributed by atoms with Gasteiger partial charge in [-0.25, -0.2) is 14.8 Å². The Morgan fingerprint density at radius 2 is 1.71 bits per heavy atom. The van der Waals surface area contributed by atoms with Crippen LogP contribution in [-0.2, 0) is 0 Å². The summed E-state index contributed by atoms with van der Waals surface area (Å²) in [7, 11) is 4.49. The Morgan fingerprint density at radius 3 is 2.33 bits per heavy atom. The van der Waals surface area contributed by atoms with Crippen LogP contribution in [-0.4, -0.2) is 62.4 Å². The third-order valence-corrected chi connectivity index (χ3v) is 7.45. The van der Waals surface area contributed by atoms with E-state index in [1.165, 1.54) is 25.4 Å². The molecular formula is C29H36Cl2N8O3. The van der Waals surface area contributed by atoms with Crippen LogP contribution >= 0.6 is 23.2 Å². The summed E-state index contributed by atoms with van der Waals surface area (Å²) in [6.45, 7) is 8.17. The van der Waals surface area contributed by atoms with Crippen molar-refractivity contribution in [3.8, 4) is 11.5 Å². The Bertz CT molecular complexity index is 1420. The van der Waals surface area contributed by atoms with Crippen LogP contribution in [0.2, 0.25) is 10.0 Å². The zero-order valence-electron chi connectivity index (χ0n) is 24.5. The van der Waals surface area contributed by atoms with E-state index in [1.807, 2.05) is 25.3 Å². The molecule has 0 bridgehead atoms. The Hall–Kier alpha value is -3.93. The van der Waals surface area contributed by atoms with E-state index in [9.17, 15) is 4.79 Å². The molecule has 2 amide bonds. The number of carbonyl (C=O) groups excluding carboxylic acids is 1. The predicted octanol–water partition coefficient (Wildman–Crippen LogP) is 6.34. The lowest BCUT2D eigenvalue weighted by Gasteiger charge is -2.38. The van der Waals surface area contributed by atoms with Gasteiger partial charge in [-0.05, 0) is 45.2 Å². The molecule has 2 unspecified atom stereocenters. The maximum Gasteiger partial charge on any atom is 0.327 e. The fourth-order valence-corrected chi connectivity index (χ4v) is 5.29. The highest BCUT2D eigenvalue weighted by molar-refractivity contribution is 6.41. The molecule has 1 saturated heterocycles. The van der Waals surface area contributed by atoms with Crippen molar-refractivity contribution in [1.82, 2.24) is 15.3 Å². The average Bonchev–Trinajstić information content (AvgIpc) is 2.98. The molecule has 0 aliphatic carbocycles. The lowest BCUT2D eigenvalue weighted by molar-refractivity contribution is 0.258. The third kappa shape index (κ3) is 7.10. The molecule has 11 nitrogen and oxygen atoms in total. The Kier molecular flexibility index (Phi) is 10.2. The molecule has 4 rings (SSSR count). The van der Waals surface area contributed by atoms with Crippen LogP contribution in [0, 0.1) is 0 Å². The molecule has 42 heavy (non-hydrogen) atoms. The van der Waals surface area contributed by atoms with Crippen LogP contribution in [0.4, 0.5) is 39.2 Å². The Labute approximate surface area is 256 Å². The van der Waals surface area contributed by atoms with Gasteiger partial charge in [0.2, 0.25) is 0 Å². The molecule has 1 fully saturated rings. The van der Waals surface area contributed by atoms with Gasteiger partial charge in [0.25, 0.3) is 0 Å². The number of carbonyl (C=O) groups is 1. The normalized spacial score (nSPS) is 16.7. The monoisotopic (exact) mass is 614 g/mol. The van der Waals surface area contributed by atoms with E-state index in [0.717, 1.165) is 30.2 Å². The topological polar surface area (TPSA) is 116 Å². The number of halogens is 2. The number of amides is 2. The van der Waals surface area contributed by atoms with Crippen LogP contribution in [0.5, 0.6) is 11.5 Å². The molecule has 224 valence electrons. The summed E-state index contributed by atoms with van der Waals surface area (Å²) in [5.74, 6) is 1.45. The summed E-state index contributed by atoms with van der Waals surface area (Å²) in [6.07, 6.45) is 5.19. The van der Waals surface area contributed by atoms with Crippen molar-refractivity contribution < 1.29 is 14.3 Å². The summed E-state index contributed by atoms with van der Waals surface area (Å²) in [5, 5.41) is 13.3. The number of ether oxygens (including phenoxy) is 2. The third-order valence-electron chi connectivity index (χ3n) is 6.70. The number of allylic oxidation sites excluding steroid dienone is 1. The number of methoxy groups -OCH3 is 2. The number of urea groups is 1. The number of rotatable bonds is 9. The van der Waals surface area contributed by atoms with Gasteiger partial charge in [0.15, 0.2) is 0 Å². The lowest BCUT2D eigenvalue weighted by atomic mass is 10.1. The molecule has 2 atom stereocenters. The predicted molar refractivity (Wildman–Crippen MR) is 171 cm³/mol. The van der Waals surface area contributed by atoms with Gasteiger partial charge >= 0.3 is 6.03 Å². The summed E-state index contributed by atoms with van der Waals surface area (Å²) in [4.78, 5) is 25.5. The van der Waals surface area contributed by atoms with E-state index in [1.54, 1.807) is 19.2 Å². The minimum atomic E-state index is -0.530. The minimum absolute atomic E-state index is 0.143. The molecule has 13 heteroatoms.